The number of nitrogens with two attached hydrogens (primary N) is 1. The first kappa shape index (κ1) is 13.9. The molecule has 2 rings (SSSR count). The van der Waals surface area contributed by atoms with Gasteiger partial charge in [0.15, 0.2) is 33.1 Å². The van der Waals surface area contributed by atoms with Gasteiger partial charge in [-0.3, -0.25) is 0 Å². The van der Waals surface area contributed by atoms with Crippen LogP contribution < -0.4 is 16.6 Å². The van der Waals surface area contributed by atoms with Crippen LogP contribution in [0.4, 0.5) is 20.4 Å². The minimum absolute atomic E-state index is 0.0742. The topological polar surface area (TPSA) is 97.1 Å². The Morgan fingerprint density at radius 1 is 1.37 bits per heavy atom. The molecule has 1 unspecified atom stereocenters. The molecule has 0 saturated carbocycles. The van der Waals surface area contributed by atoms with E-state index in [1.54, 1.807) is 0 Å². The number of nitrogen functional groups attached to an aromatic ring is 1. The minimum Gasteiger partial charge on any atom is -0.367 e. The Morgan fingerprint density at radius 2 is 2.05 bits per heavy atom. The first-order chi connectivity index (χ1) is 8.91. The molecule has 6 nitrogen and oxygen atoms in total. The highest BCUT2D eigenvalue weighted by Gasteiger charge is 2.27. The number of nitrogens with one attached hydrogen (secondary N) is 2. The van der Waals surface area contributed by atoms with E-state index in [9.17, 15) is 17.2 Å². The normalized spacial score (nSPS) is 21.3. The highest BCUT2D eigenvalue weighted by atomic mass is 32.2. The number of hydrogen-bond acceptors (Lipinski definition) is 6. The van der Waals surface area contributed by atoms with Crippen molar-refractivity contribution in [2.24, 2.45) is 11.8 Å². The zero-order valence-corrected chi connectivity index (χ0v) is 10.8. The lowest BCUT2D eigenvalue weighted by Crippen LogP contribution is -2.18. The largest absolute Gasteiger partial charge is 0.367 e. The van der Waals surface area contributed by atoms with E-state index in [2.05, 4.69) is 10.3 Å². The summed E-state index contributed by atoms with van der Waals surface area (Å²) >= 11 is 0. The Bertz CT molecular complexity index is 579. The van der Waals surface area contributed by atoms with Gasteiger partial charge in [-0.2, -0.15) is 0 Å². The maximum atomic E-state index is 13.4. The van der Waals surface area contributed by atoms with Crippen molar-refractivity contribution in [3.05, 3.63) is 17.7 Å². The SMILES string of the molecule is NNc1nc(NCC2CCS(=O)(=O)C2)c(F)cc1F. The quantitative estimate of drug-likeness (QED) is 0.552. The molecule has 0 bridgehead atoms. The molecule has 0 spiro atoms. The third kappa shape index (κ3) is 3.29. The van der Waals surface area contributed by atoms with Crippen molar-refractivity contribution in [2.45, 2.75) is 6.42 Å². The molecule has 1 fully saturated rings. The number of aromatic nitrogens is 1. The van der Waals surface area contributed by atoms with Crippen molar-refractivity contribution < 1.29 is 17.2 Å². The summed E-state index contributed by atoms with van der Waals surface area (Å²) in [7, 11) is -2.98. The van der Waals surface area contributed by atoms with Gasteiger partial charge >= 0.3 is 0 Å². The van der Waals surface area contributed by atoms with E-state index in [0.29, 0.717) is 12.5 Å². The average Bonchev–Trinajstić information content (AvgIpc) is 2.68. The zero-order chi connectivity index (χ0) is 14.0. The van der Waals surface area contributed by atoms with Crippen molar-refractivity contribution in [3.8, 4) is 0 Å². The second kappa shape index (κ2) is 5.25. The highest BCUT2D eigenvalue weighted by molar-refractivity contribution is 7.91. The summed E-state index contributed by atoms with van der Waals surface area (Å²) in [5.74, 6) is 3.00. The van der Waals surface area contributed by atoms with E-state index < -0.39 is 21.5 Å². The first-order valence-corrected chi connectivity index (χ1v) is 7.50. The van der Waals surface area contributed by atoms with Crippen molar-refractivity contribution in [1.82, 2.24) is 4.98 Å². The summed E-state index contributed by atoms with van der Waals surface area (Å²) < 4.78 is 49.1. The fourth-order valence-electron chi connectivity index (χ4n) is 1.97. The van der Waals surface area contributed by atoms with Gasteiger partial charge in [0.05, 0.1) is 11.5 Å². The summed E-state index contributed by atoms with van der Waals surface area (Å²) in [5.41, 5.74) is 2.02. The molecule has 106 valence electrons. The molecule has 1 atom stereocenters. The predicted octanol–water partition coefficient (Wildman–Crippen LogP) is 0.492. The monoisotopic (exact) mass is 292 g/mol. The van der Waals surface area contributed by atoms with Gasteiger partial charge in [0.2, 0.25) is 0 Å². The summed E-state index contributed by atoms with van der Waals surface area (Å²) in [4.78, 5) is 3.64. The Hall–Kier alpha value is -1.48. The fourth-order valence-corrected chi connectivity index (χ4v) is 3.83. The molecule has 4 N–H and O–H groups in total. The summed E-state index contributed by atoms with van der Waals surface area (Å²) in [6, 6.07) is 0.663. The maximum Gasteiger partial charge on any atom is 0.178 e. The van der Waals surface area contributed by atoms with Gasteiger partial charge in [-0.1, -0.05) is 0 Å². The van der Waals surface area contributed by atoms with Gasteiger partial charge in [-0.25, -0.2) is 28.0 Å². The van der Waals surface area contributed by atoms with Gasteiger partial charge in [0, 0.05) is 12.6 Å². The van der Waals surface area contributed by atoms with Gasteiger partial charge in [-0.05, 0) is 12.3 Å². The lowest BCUT2D eigenvalue weighted by molar-refractivity contribution is 0.572. The van der Waals surface area contributed by atoms with E-state index in [1.165, 1.54) is 0 Å². The molecule has 9 heteroatoms. The third-order valence-electron chi connectivity index (χ3n) is 2.95. The Morgan fingerprint density at radius 3 is 2.63 bits per heavy atom. The van der Waals surface area contributed by atoms with Gasteiger partial charge in [0.1, 0.15) is 0 Å². The number of hydrogen-bond donors (Lipinski definition) is 3. The number of sulfone groups is 1. The van der Waals surface area contributed by atoms with E-state index in [1.807, 2.05) is 5.43 Å². The smallest absolute Gasteiger partial charge is 0.178 e. The van der Waals surface area contributed by atoms with Crippen LogP contribution in [0.3, 0.4) is 0 Å². The third-order valence-corrected chi connectivity index (χ3v) is 4.79. The second-order valence-electron chi connectivity index (χ2n) is 4.44. The Labute approximate surface area is 109 Å². The molecule has 1 saturated heterocycles. The number of pyridine rings is 1. The first-order valence-electron chi connectivity index (χ1n) is 5.68. The average molecular weight is 292 g/mol. The van der Waals surface area contributed by atoms with Gasteiger partial charge < -0.3 is 10.7 Å². The number of nitrogens with zero attached hydrogens (tertiary/aromatic N) is 1. The van der Waals surface area contributed by atoms with Crippen LogP contribution in [0.25, 0.3) is 0 Å². The van der Waals surface area contributed by atoms with Crippen molar-refractivity contribution in [2.75, 3.05) is 28.8 Å². The van der Waals surface area contributed by atoms with Crippen LogP contribution in [-0.2, 0) is 9.84 Å². The number of anilines is 2. The molecular formula is C10H14F2N4O2S. The maximum absolute atomic E-state index is 13.4. The Kier molecular flexibility index (Phi) is 3.85. The fraction of sp³-hybridized carbons (Fsp3) is 0.500. The van der Waals surface area contributed by atoms with Crippen LogP contribution in [0.15, 0.2) is 6.07 Å². The summed E-state index contributed by atoms with van der Waals surface area (Å²) in [5, 5.41) is 2.68. The van der Waals surface area contributed by atoms with Crippen LogP contribution >= 0.6 is 0 Å². The van der Waals surface area contributed by atoms with E-state index in [-0.39, 0.29) is 35.6 Å². The molecule has 1 aromatic heterocycles. The van der Waals surface area contributed by atoms with Crippen LogP contribution in [0.2, 0.25) is 0 Å². The van der Waals surface area contributed by atoms with E-state index >= 15 is 0 Å². The standard InChI is InChI=1S/C10H14F2N4O2S/c11-7-3-8(12)10(16-13)15-9(7)14-4-6-1-2-19(17,18)5-6/h3,6H,1-2,4-5,13H2,(H2,14,15,16). The minimum atomic E-state index is -2.98. The van der Waals surface area contributed by atoms with E-state index in [0.717, 1.165) is 0 Å². The Balaban J connectivity index is 2.04. The van der Waals surface area contributed by atoms with Gasteiger partial charge in [-0.15, -0.1) is 0 Å². The van der Waals surface area contributed by atoms with E-state index in [4.69, 9.17) is 5.84 Å². The number of rotatable bonds is 4. The number of halogens is 2. The van der Waals surface area contributed by atoms with Crippen LogP contribution in [-0.4, -0.2) is 31.5 Å². The molecule has 1 aromatic rings. The lowest BCUT2D eigenvalue weighted by Gasteiger charge is -2.12. The molecule has 1 aliphatic rings. The predicted molar refractivity (Wildman–Crippen MR) is 67.2 cm³/mol. The molecule has 2 heterocycles. The van der Waals surface area contributed by atoms with Crippen LogP contribution in [0.5, 0.6) is 0 Å². The molecule has 19 heavy (non-hydrogen) atoms. The summed E-state index contributed by atoms with van der Waals surface area (Å²) in [6.45, 7) is 0.263. The molecule has 0 amide bonds. The van der Waals surface area contributed by atoms with Crippen molar-refractivity contribution in [1.29, 1.82) is 0 Å². The number of hydrazine groups is 1. The molecule has 0 aliphatic carbocycles. The van der Waals surface area contributed by atoms with Gasteiger partial charge in [0.25, 0.3) is 0 Å². The molecule has 1 aliphatic heterocycles. The highest BCUT2D eigenvalue weighted by Crippen LogP contribution is 2.21. The van der Waals surface area contributed by atoms with Crippen molar-refractivity contribution in [3.63, 3.8) is 0 Å². The molecule has 0 aromatic carbocycles. The second-order valence-corrected chi connectivity index (χ2v) is 6.67. The molecular weight excluding hydrogens is 278 g/mol. The molecule has 0 radical (unpaired) electrons. The lowest BCUT2D eigenvalue weighted by atomic mass is 10.1. The van der Waals surface area contributed by atoms with Crippen LogP contribution in [0.1, 0.15) is 6.42 Å². The zero-order valence-electron chi connectivity index (χ0n) is 9.99. The van der Waals surface area contributed by atoms with Crippen molar-refractivity contribution >= 4 is 21.5 Å². The summed E-state index contributed by atoms with van der Waals surface area (Å²) in [6.07, 6.45) is 0.528. The van der Waals surface area contributed by atoms with Crippen LogP contribution in [0, 0.1) is 17.6 Å².